The first-order chi connectivity index (χ1) is 18.0. The molecule has 6 heteroatoms. The molecule has 0 unspecified atom stereocenters. The maximum Gasteiger partial charge on any atom is 0.161 e. The van der Waals surface area contributed by atoms with Crippen molar-refractivity contribution in [3.8, 4) is 0 Å². The molecule has 8 atom stereocenters. The molecule has 6 nitrogen and oxygen atoms in total. The predicted octanol–water partition coefficient (Wildman–Crippen LogP) is 4.77. The number of nitrogens with zero attached hydrogens (tertiary/aromatic N) is 2. The van der Waals surface area contributed by atoms with Crippen LogP contribution in [0.5, 0.6) is 0 Å². The third-order valence-corrected chi connectivity index (χ3v) is 12.3. The van der Waals surface area contributed by atoms with Gasteiger partial charge in [-0.15, -0.1) is 0 Å². The van der Waals surface area contributed by atoms with Gasteiger partial charge in [-0.3, -0.25) is 9.48 Å². The lowest BCUT2D eigenvalue weighted by atomic mass is 9.44. The van der Waals surface area contributed by atoms with Gasteiger partial charge in [0.1, 0.15) is 5.60 Å². The molecule has 6 rings (SSSR count). The minimum absolute atomic E-state index is 0.120. The number of Topliss-reactive ketones (excluding diaryl/α,β-unsaturated/α-hetero) is 1. The molecule has 0 bridgehead atoms. The first kappa shape index (κ1) is 26.7. The molecule has 1 heterocycles. The lowest BCUT2D eigenvalue weighted by molar-refractivity contribution is -0.180. The smallest absolute Gasteiger partial charge is 0.161 e. The Balaban J connectivity index is 1.27. The molecule has 0 aliphatic heterocycles. The number of aromatic nitrogens is 2. The molecule has 5 aliphatic rings. The van der Waals surface area contributed by atoms with Crippen LogP contribution in [0, 0.1) is 40.4 Å². The van der Waals surface area contributed by atoms with E-state index in [2.05, 4.69) is 50.0 Å². The summed E-state index contributed by atoms with van der Waals surface area (Å²) in [6.07, 6.45) is 12.9. The number of rotatable bonds is 5. The zero-order valence-corrected chi connectivity index (χ0v) is 24.2. The van der Waals surface area contributed by atoms with Gasteiger partial charge in [0.05, 0.1) is 18.0 Å². The van der Waals surface area contributed by atoms with Crippen LogP contribution in [0.25, 0.3) is 6.08 Å². The monoisotopic (exact) mass is 523 g/mol. The van der Waals surface area contributed by atoms with Gasteiger partial charge in [0.15, 0.2) is 5.78 Å². The minimum Gasteiger partial charge on any atom is -0.393 e. The summed E-state index contributed by atoms with van der Waals surface area (Å²) in [6.45, 7) is 12.6. The number of allylic oxidation sites excluding steroid dienone is 1. The van der Waals surface area contributed by atoms with Crippen molar-refractivity contribution in [1.29, 1.82) is 0 Å². The van der Waals surface area contributed by atoms with E-state index in [9.17, 15) is 15.0 Å². The van der Waals surface area contributed by atoms with Crippen LogP contribution in [-0.2, 0) is 17.8 Å². The Hall–Kier alpha value is -1.50. The Morgan fingerprint density at radius 1 is 1.21 bits per heavy atom. The van der Waals surface area contributed by atoms with E-state index in [0.717, 1.165) is 32.4 Å². The molecule has 3 N–H and O–H groups in total. The lowest BCUT2D eigenvalue weighted by Gasteiger charge is -2.61. The third-order valence-electron chi connectivity index (χ3n) is 12.3. The van der Waals surface area contributed by atoms with Crippen LogP contribution in [0.4, 0.5) is 0 Å². The van der Waals surface area contributed by atoms with E-state index in [4.69, 9.17) is 5.10 Å². The van der Waals surface area contributed by atoms with E-state index in [-0.39, 0.29) is 23.0 Å². The first-order valence-electron chi connectivity index (χ1n) is 15.4. The fourth-order valence-corrected chi connectivity index (χ4v) is 10.5. The molecule has 5 aliphatic carbocycles. The van der Waals surface area contributed by atoms with Crippen molar-refractivity contribution in [1.82, 2.24) is 15.1 Å². The highest BCUT2D eigenvalue weighted by molar-refractivity contribution is 5.86. The van der Waals surface area contributed by atoms with Crippen LogP contribution in [0.15, 0.2) is 11.8 Å². The fraction of sp³-hybridized carbons (Fsp3) is 0.812. The van der Waals surface area contributed by atoms with E-state index in [1.165, 1.54) is 49.4 Å². The Morgan fingerprint density at radius 3 is 2.63 bits per heavy atom. The molecule has 0 spiro atoms. The van der Waals surface area contributed by atoms with Gasteiger partial charge in [0, 0.05) is 18.0 Å². The average Bonchev–Trinajstić information content (AvgIpc) is 3.36. The predicted molar refractivity (Wildman–Crippen MR) is 149 cm³/mol. The lowest BCUT2D eigenvalue weighted by Crippen LogP contribution is -2.62. The van der Waals surface area contributed by atoms with Gasteiger partial charge < -0.3 is 15.5 Å². The van der Waals surface area contributed by atoms with Crippen LogP contribution in [0.1, 0.15) is 97.2 Å². The molecule has 0 aromatic carbocycles. The second-order valence-corrected chi connectivity index (χ2v) is 14.3. The standard InChI is InChI=1S/C32H49N3O3/c1-6-33-23-9-7-21(8-10-23)18-35-27-14-26-19(2)13-24-25-11-12-32(38,20(3)36)31(25,5)16-28(37)29(24)30(26,4)15-22(27)17-34-35/h14,17,19,21,23-25,28-29,33,37-38H,6-13,15-16,18H2,1-5H3/t19-,21?,23?,24-,25-,28-,29+,30-,31-,32-/m0/s1. The van der Waals surface area contributed by atoms with E-state index in [1.807, 2.05) is 0 Å². The highest BCUT2D eigenvalue weighted by Crippen LogP contribution is 2.68. The van der Waals surface area contributed by atoms with Gasteiger partial charge in [-0.05, 0) is 118 Å². The number of carbonyl (C=O) groups excluding carboxylic acids is 1. The Bertz CT molecular complexity index is 1120. The molecule has 1 aromatic heterocycles. The molecule has 210 valence electrons. The second-order valence-electron chi connectivity index (χ2n) is 14.3. The number of aliphatic hydroxyl groups excluding tert-OH is 1. The van der Waals surface area contributed by atoms with Crippen molar-refractivity contribution < 1.29 is 15.0 Å². The van der Waals surface area contributed by atoms with Crippen LogP contribution < -0.4 is 5.32 Å². The molecular weight excluding hydrogens is 474 g/mol. The largest absolute Gasteiger partial charge is 0.393 e. The van der Waals surface area contributed by atoms with Crippen molar-refractivity contribution in [3.05, 3.63) is 23.0 Å². The van der Waals surface area contributed by atoms with Gasteiger partial charge in [0.2, 0.25) is 0 Å². The van der Waals surface area contributed by atoms with E-state index in [1.54, 1.807) is 0 Å². The van der Waals surface area contributed by atoms with E-state index >= 15 is 0 Å². The molecule has 4 saturated carbocycles. The maximum atomic E-state index is 12.6. The first-order valence-corrected chi connectivity index (χ1v) is 15.4. The number of hydrogen-bond donors (Lipinski definition) is 3. The molecule has 0 radical (unpaired) electrons. The van der Waals surface area contributed by atoms with Gasteiger partial charge in [0.25, 0.3) is 0 Å². The molecule has 4 fully saturated rings. The zero-order valence-electron chi connectivity index (χ0n) is 24.2. The quantitative estimate of drug-likeness (QED) is 0.518. The van der Waals surface area contributed by atoms with Crippen molar-refractivity contribution in [2.45, 2.75) is 117 Å². The Morgan fingerprint density at radius 2 is 1.95 bits per heavy atom. The number of aliphatic hydroxyl groups is 2. The zero-order chi connectivity index (χ0) is 27.0. The molecule has 0 amide bonds. The normalized spacial score (nSPS) is 46.0. The number of ketones is 1. The van der Waals surface area contributed by atoms with Crippen LogP contribution in [0.2, 0.25) is 0 Å². The van der Waals surface area contributed by atoms with Crippen molar-refractivity contribution in [2.75, 3.05) is 6.54 Å². The summed E-state index contributed by atoms with van der Waals surface area (Å²) in [5, 5.41) is 31.8. The summed E-state index contributed by atoms with van der Waals surface area (Å²) in [5.41, 5.74) is 2.11. The van der Waals surface area contributed by atoms with Gasteiger partial charge in [-0.2, -0.15) is 5.10 Å². The maximum absolute atomic E-state index is 12.6. The number of fused-ring (bicyclic) bond motifs is 6. The van der Waals surface area contributed by atoms with Crippen molar-refractivity contribution >= 4 is 11.9 Å². The van der Waals surface area contributed by atoms with Gasteiger partial charge >= 0.3 is 0 Å². The van der Waals surface area contributed by atoms with E-state index in [0.29, 0.717) is 36.6 Å². The molecule has 38 heavy (non-hydrogen) atoms. The topological polar surface area (TPSA) is 87.4 Å². The summed E-state index contributed by atoms with van der Waals surface area (Å²) >= 11 is 0. The average molecular weight is 524 g/mol. The van der Waals surface area contributed by atoms with Crippen LogP contribution >= 0.6 is 0 Å². The Labute approximate surface area is 228 Å². The molecule has 0 saturated heterocycles. The summed E-state index contributed by atoms with van der Waals surface area (Å²) in [4.78, 5) is 12.6. The van der Waals surface area contributed by atoms with E-state index < -0.39 is 17.1 Å². The van der Waals surface area contributed by atoms with Crippen molar-refractivity contribution in [2.24, 2.45) is 40.4 Å². The number of nitrogens with one attached hydrogen (secondary N) is 1. The molecular formula is C32H49N3O3. The highest BCUT2D eigenvalue weighted by atomic mass is 16.3. The number of hydrogen-bond acceptors (Lipinski definition) is 5. The fourth-order valence-electron chi connectivity index (χ4n) is 10.5. The Kier molecular flexibility index (Phi) is 6.52. The SMILES string of the molecule is CCNC1CCC(Cn2ncc3c2C=C2[C@@H](C)C[C@@H]4[C@H]([C@@H](O)C[C@@]5(C)[C@H]4CC[C@]5(O)C(C)=O)[C@@]2(C)C3)CC1. The van der Waals surface area contributed by atoms with Gasteiger partial charge in [-0.25, -0.2) is 0 Å². The summed E-state index contributed by atoms with van der Waals surface area (Å²) in [7, 11) is 0. The number of carbonyl (C=O) groups is 1. The highest BCUT2D eigenvalue weighted by Gasteiger charge is 2.68. The summed E-state index contributed by atoms with van der Waals surface area (Å²) in [5.74, 6) is 1.71. The van der Waals surface area contributed by atoms with Crippen LogP contribution in [0.3, 0.4) is 0 Å². The third kappa shape index (κ3) is 3.76. The van der Waals surface area contributed by atoms with Crippen LogP contribution in [-0.4, -0.2) is 50.1 Å². The summed E-state index contributed by atoms with van der Waals surface area (Å²) in [6, 6.07) is 0.678. The summed E-state index contributed by atoms with van der Waals surface area (Å²) < 4.78 is 2.28. The molecule has 1 aromatic rings. The van der Waals surface area contributed by atoms with Gasteiger partial charge in [-0.1, -0.05) is 33.3 Å². The van der Waals surface area contributed by atoms with Crippen molar-refractivity contribution in [3.63, 3.8) is 0 Å². The minimum atomic E-state index is -1.31. The second kappa shape index (κ2) is 9.27.